The number of piperazine rings is 1. The van der Waals surface area contributed by atoms with Crippen molar-refractivity contribution in [2.45, 2.75) is 38.6 Å². The Labute approximate surface area is 151 Å². The summed E-state index contributed by atoms with van der Waals surface area (Å²) in [6.07, 6.45) is 4.39. The van der Waals surface area contributed by atoms with E-state index in [1.807, 2.05) is 18.2 Å². The van der Waals surface area contributed by atoms with Gasteiger partial charge in [-0.1, -0.05) is 31.5 Å². The zero-order chi connectivity index (χ0) is 16.2. The zero-order valence-corrected chi connectivity index (χ0v) is 15.5. The van der Waals surface area contributed by atoms with Gasteiger partial charge in [0.25, 0.3) is 0 Å². The Kier molecular flexibility index (Phi) is 6.93. The Bertz CT molecular complexity index is 552. The first-order valence-corrected chi connectivity index (χ1v) is 8.82. The number of ether oxygens (including phenoxy) is 1. The van der Waals surface area contributed by atoms with E-state index in [1.165, 1.54) is 19.3 Å². The molecule has 1 aliphatic carbocycles. The molecule has 0 spiro atoms. The van der Waals surface area contributed by atoms with Crippen molar-refractivity contribution in [3.05, 3.63) is 29.8 Å². The first-order chi connectivity index (χ1) is 11.2. The van der Waals surface area contributed by atoms with E-state index in [0.29, 0.717) is 18.2 Å². The number of hydrogen-bond donors (Lipinski definition) is 1. The molecule has 3 atom stereocenters. The number of rotatable bonds is 4. The number of carbonyl (C=O) groups excluding carboxylic acids is 1. The highest BCUT2D eigenvalue weighted by molar-refractivity contribution is 5.85. The second-order valence-corrected chi connectivity index (χ2v) is 7.04. The van der Waals surface area contributed by atoms with Crippen LogP contribution < -0.4 is 10.1 Å². The molecular weight excluding hydrogens is 324 g/mol. The average Bonchev–Trinajstić information content (AvgIpc) is 2.99. The summed E-state index contributed by atoms with van der Waals surface area (Å²) in [6.45, 7) is 4.75. The van der Waals surface area contributed by atoms with Gasteiger partial charge in [-0.3, -0.25) is 4.79 Å². The highest BCUT2D eigenvalue weighted by atomic mass is 35.5. The molecule has 2 aliphatic rings. The highest BCUT2D eigenvalue weighted by Gasteiger charge is 2.32. The third kappa shape index (κ3) is 4.22. The molecule has 0 bridgehead atoms. The summed E-state index contributed by atoms with van der Waals surface area (Å²) in [6, 6.07) is 8.13. The van der Waals surface area contributed by atoms with Crippen molar-refractivity contribution < 1.29 is 9.53 Å². The summed E-state index contributed by atoms with van der Waals surface area (Å²) >= 11 is 0. The number of hydrogen-bond acceptors (Lipinski definition) is 3. The van der Waals surface area contributed by atoms with Gasteiger partial charge < -0.3 is 15.0 Å². The number of nitrogens with zero attached hydrogens (tertiary/aromatic N) is 1. The van der Waals surface area contributed by atoms with Gasteiger partial charge >= 0.3 is 0 Å². The number of methoxy groups -OCH3 is 1. The van der Waals surface area contributed by atoms with E-state index >= 15 is 0 Å². The number of benzene rings is 1. The first-order valence-electron chi connectivity index (χ1n) is 8.82. The molecule has 1 aliphatic heterocycles. The standard InChI is InChI=1S/C19H28N2O2.ClH/c1-14-7-8-15(11-14)12-19(22)21-10-9-20-13-17(21)16-5-3-4-6-18(16)23-2;/h3-6,14-15,17,20H,7-13H2,1-2H3;1H. The zero-order valence-electron chi connectivity index (χ0n) is 14.7. The quantitative estimate of drug-likeness (QED) is 0.902. The molecular formula is C19H29ClN2O2. The molecule has 2 fully saturated rings. The minimum Gasteiger partial charge on any atom is -0.496 e. The van der Waals surface area contributed by atoms with Crippen molar-refractivity contribution in [3.8, 4) is 5.75 Å². The van der Waals surface area contributed by atoms with Crippen LogP contribution >= 0.6 is 12.4 Å². The van der Waals surface area contributed by atoms with E-state index in [-0.39, 0.29) is 18.4 Å². The van der Waals surface area contributed by atoms with Gasteiger partial charge in [0.15, 0.2) is 0 Å². The van der Waals surface area contributed by atoms with Crippen LogP contribution in [0.15, 0.2) is 24.3 Å². The largest absolute Gasteiger partial charge is 0.496 e. The van der Waals surface area contributed by atoms with Crippen LogP contribution in [-0.2, 0) is 4.79 Å². The maximum absolute atomic E-state index is 12.9. The van der Waals surface area contributed by atoms with Crippen LogP contribution in [0.5, 0.6) is 5.75 Å². The fourth-order valence-electron chi connectivity index (χ4n) is 4.10. The van der Waals surface area contributed by atoms with Crippen molar-refractivity contribution in [1.29, 1.82) is 0 Å². The Morgan fingerprint density at radius 3 is 2.83 bits per heavy atom. The van der Waals surface area contributed by atoms with Crippen LogP contribution in [0.2, 0.25) is 0 Å². The summed E-state index contributed by atoms with van der Waals surface area (Å²) in [5.41, 5.74) is 1.11. The first kappa shape index (κ1) is 19.1. The Balaban J connectivity index is 0.00000208. The summed E-state index contributed by atoms with van der Waals surface area (Å²) in [7, 11) is 1.70. The molecule has 3 rings (SSSR count). The third-order valence-electron chi connectivity index (χ3n) is 5.33. The predicted octanol–water partition coefficient (Wildman–Crippen LogP) is 3.42. The van der Waals surface area contributed by atoms with E-state index < -0.39 is 0 Å². The van der Waals surface area contributed by atoms with Crippen LogP contribution in [-0.4, -0.2) is 37.6 Å². The van der Waals surface area contributed by atoms with Crippen molar-refractivity contribution >= 4 is 18.3 Å². The number of amides is 1. The maximum Gasteiger partial charge on any atom is 0.223 e. The molecule has 5 heteroatoms. The number of carbonyl (C=O) groups is 1. The van der Waals surface area contributed by atoms with Crippen LogP contribution in [0.25, 0.3) is 0 Å². The van der Waals surface area contributed by atoms with E-state index in [9.17, 15) is 4.79 Å². The molecule has 3 unspecified atom stereocenters. The molecule has 1 heterocycles. The molecule has 4 nitrogen and oxygen atoms in total. The molecule has 134 valence electrons. The average molecular weight is 353 g/mol. The highest BCUT2D eigenvalue weighted by Crippen LogP contribution is 2.35. The smallest absolute Gasteiger partial charge is 0.223 e. The molecule has 1 aromatic carbocycles. The Hall–Kier alpha value is -1.26. The van der Waals surface area contributed by atoms with Crippen LogP contribution in [0.1, 0.15) is 44.2 Å². The van der Waals surface area contributed by atoms with Gasteiger partial charge in [0.05, 0.1) is 13.2 Å². The Morgan fingerprint density at radius 1 is 1.33 bits per heavy atom. The molecule has 1 amide bonds. The number of halogens is 1. The molecule has 1 N–H and O–H groups in total. The molecule has 0 radical (unpaired) electrons. The lowest BCUT2D eigenvalue weighted by molar-refractivity contribution is -0.135. The summed E-state index contributed by atoms with van der Waals surface area (Å²) in [5.74, 6) is 2.53. The molecule has 1 saturated carbocycles. The van der Waals surface area contributed by atoms with E-state index in [0.717, 1.165) is 36.9 Å². The van der Waals surface area contributed by atoms with E-state index in [4.69, 9.17) is 4.74 Å². The topological polar surface area (TPSA) is 41.6 Å². The van der Waals surface area contributed by atoms with Crippen molar-refractivity contribution in [3.63, 3.8) is 0 Å². The molecule has 24 heavy (non-hydrogen) atoms. The van der Waals surface area contributed by atoms with E-state index in [1.54, 1.807) is 7.11 Å². The summed E-state index contributed by atoms with van der Waals surface area (Å²) < 4.78 is 5.51. The predicted molar refractivity (Wildman–Crippen MR) is 98.7 cm³/mol. The van der Waals surface area contributed by atoms with Crippen molar-refractivity contribution in [2.24, 2.45) is 11.8 Å². The fraction of sp³-hybridized carbons (Fsp3) is 0.632. The second kappa shape index (κ2) is 8.72. The van der Waals surface area contributed by atoms with E-state index in [2.05, 4.69) is 23.2 Å². The lowest BCUT2D eigenvalue weighted by atomic mass is 9.98. The lowest BCUT2D eigenvalue weighted by Gasteiger charge is -2.37. The van der Waals surface area contributed by atoms with Crippen LogP contribution in [0, 0.1) is 11.8 Å². The summed E-state index contributed by atoms with van der Waals surface area (Å²) in [5, 5.41) is 3.42. The molecule has 1 aromatic rings. The van der Waals surface area contributed by atoms with Gasteiger partial charge in [-0.25, -0.2) is 0 Å². The molecule has 0 aromatic heterocycles. The minimum absolute atomic E-state index is 0. The monoisotopic (exact) mass is 352 g/mol. The van der Waals surface area contributed by atoms with Crippen LogP contribution in [0.4, 0.5) is 0 Å². The SMILES string of the molecule is COc1ccccc1C1CNCCN1C(=O)CC1CCC(C)C1.Cl. The normalized spacial score (nSPS) is 26.8. The summed E-state index contributed by atoms with van der Waals surface area (Å²) in [4.78, 5) is 15.0. The van der Waals surface area contributed by atoms with Gasteiger partial charge in [0.2, 0.25) is 5.91 Å². The van der Waals surface area contributed by atoms with Gasteiger partial charge in [-0.05, 0) is 30.7 Å². The lowest BCUT2D eigenvalue weighted by Crippen LogP contribution is -2.49. The van der Waals surface area contributed by atoms with Gasteiger partial charge in [-0.15, -0.1) is 12.4 Å². The van der Waals surface area contributed by atoms with Gasteiger partial charge in [-0.2, -0.15) is 0 Å². The third-order valence-corrected chi connectivity index (χ3v) is 5.33. The maximum atomic E-state index is 12.9. The minimum atomic E-state index is 0. The Morgan fingerprint density at radius 2 is 2.12 bits per heavy atom. The van der Waals surface area contributed by atoms with Crippen LogP contribution in [0.3, 0.4) is 0 Å². The molecule has 1 saturated heterocycles. The van der Waals surface area contributed by atoms with Crippen molar-refractivity contribution in [2.75, 3.05) is 26.7 Å². The fourth-order valence-corrected chi connectivity index (χ4v) is 4.10. The number of nitrogens with one attached hydrogen (secondary N) is 1. The van der Waals surface area contributed by atoms with Crippen molar-refractivity contribution in [1.82, 2.24) is 10.2 Å². The second-order valence-electron chi connectivity index (χ2n) is 7.04. The number of para-hydroxylation sites is 1. The van der Waals surface area contributed by atoms with Gasteiger partial charge in [0, 0.05) is 31.6 Å². The van der Waals surface area contributed by atoms with Gasteiger partial charge in [0.1, 0.15) is 5.75 Å².